The first-order valence-corrected chi connectivity index (χ1v) is 5.04. The summed E-state index contributed by atoms with van der Waals surface area (Å²) in [7, 11) is 1.73. The molecule has 0 radical (unpaired) electrons. The summed E-state index contributed by atoms with van der Waals surface area (Å²) in [6, 6.07) is 6.45. The Kier molecular flexibility index (Phi) is 4.47. The minimum Gasteiger partial charge on any atom is -0.385 e. The van der Waals surface area contributed by atoms with E-state index >= 15 is 0 Å². The second-order valence-electron chi connectivity index (χ2n) is 3.57. The topological polar surface area (TPSA) is 21.3 Å². The number of benzene rings is 1. The van der Waals surface area contributed by atoms with E-state index in [1.807, 2.05) is 0 Å². The van der Waals surface area contributed by atoms with E-state index in [1.165, 1.54) is 16.8 Å². The average Bonchev–Trinajstić information content (AvgIpc) is 2.18. The number of aryl methyl sites for hydroxylation is 2. The lowest BCUT2D eigenvalue weighted by atomic mass is 10.1. The van der Waals surface area contributed by atoms with Crippen LogP contribution in [0.4, 0.5) is 5.69 Å². The summed E-state index contributed by atoms with van der Waals surface area (Å²) in [6.45, 7) is 6.05. The molecule has 14 heavy (non-hydrogen) atoms. The molecule has 1 rings (SSSR count). The zero-order valence-electron chi connectivity index (χ0n) is 9.26. The van der Waals surface area contributed by atoms with Crippen molar-refractivity contribution in [3.8, 4) is 0 Å². The van der Waals surface area contributed by atoms with Crippen molar-refractivity contribution >= 4 is 5.69 Å². The van der Waals surface area contributed by atoms with Crippen LogP contribution in [0.3, 0.4) is 0 Å². The zero-order chi connectivity index (χ0) is 10.4. The van der Waals surface area contributed by atoms with Gasteiger partial charge in [0.15, 0.2) is 0 Å². The van der Waals surface area contributed by atoms with Crippen molar-refractivity contribution in [1.29, 1.82) is 0 Å². The number of methoxy groups -OCH3 is 1. The third kappa shape index (κ3) is 3.38. The van der Waals surface area contributed by atoms with Crippen molar-refractivity contribution in [2.24, 2.45) is 0 Å². The van der Waals surface area contributed by atoms with Crippen LogP contribution >= 0.6 is 0 Å². The van der Waals surface area contributed by atoms with Gasteiger partial charge in [0, 0.05) is 25.9 Å². The van der Waals surface area contributed by atoms with Gasteiger partial charge in [-0.3, -0.25) is 0 Å². The molecule has 0 saturated carbocycles. The van der Waals surface area contributed by atoms with Crippen LogP contribution in [-0.4, -0.2) is 20.3 Å². The summed E-state index contributed by atoms with van der Waals surface area (Å²) in [5.41, 5.74) is 3.87. The van der Waals surface area contributed by atoms with Crippen molar-refractivity contribution in [3.63, 3.8) is 0 Å². The highest BCUT2D eigenvalue weighted by Crippen LogP contribution is 2.13. The van der Waals surface area contributed by atoms with E-state index in [1.54, 1.807) is 7.11 Å². The summed E-state index contributed by atoms with van der Waals surface area (Å²) in [4.78, 5) is 0. The Morgan fingerprint density at radius 3 is 2.64 bits per heavy atom. The van der Waals surface area contributed by atoms with E-state index in [2.05, 4.69) is 37.4 Å². The van der Waals surface area contributed by atoms with Crippen LogP contribution in [0.1, 0.15) is 17.5 Å². The maximum Gasteiger partial charge on any atom is 0.0479 e. The summed E-state index contributed by atoms with van der Waals surface area (Å²) in [5.74, 6) is 0. The molecule has 0 aliphatic carbocycles. The molecule has 1 N–H and O–H groups in total. The summed E-state index contributed by atoms with van der Waals surface area (Å²) in [6.07, 6.45) is 1.05. The molecule has 0 aliphatic rings. The minimum absolute atomic E-state index is 0.817. The lowest BCUT2D eigenvalue weighted by molar-refractivity contribution is 0.198. The Morgan fingerprint density at radius 2 is 2.00 bits per heavy atom. The molecule has 0 amide bonds. The van der Waals surface area contributed by atoms with Crippen LogP contribution in [0.15, 0.2) is 18.2 Å². The molecule has 2 nitrogen and oxygen atoms in total. The zero-order valence-corrected chi connectivity index (χ0v) is 9.26. The lowest BCUT2D eigenvalue weighted by Gasteiger charge is -2.08. The van der Waals surface area contributed by atoms with Gasteiger partial charge in [0.05, 0.1) is 0 Å². The predicted molar refractivity (Wildman–Crippen MR) is 60.9 cm³/mol. The highest BCUT2D eigenvalue weighted by atomic mass is 16.5. The van der Waals surface area contributed by atoms with Crippen LogP contribution in [0.5, 0.6) is 0 Å². The molecular weight excluding hydrogens is 174 g/mol. The average molecular weight is 193 g/mol. The number of anilines is 1. The number of nitrogens with one attached hydrogen (secondary N) is 1. The molecule has 2 heteroatoms. The highest BCUT2D eigenvalue weighted by molar-refractivity contribution is 5.47. The third-order valence-electron chi connectivity index (χ3n) is 2.36. The predicted octanol–water partition coefficient (Wildman–Crippen LogP) is 2.75. The summed E-state index contributed by atoms with van der Waals surface area (Å²) >= 11 is 0. The summed E-state index contributed by atoms with van der Waals surface area (Å²) in [5, 5.41) is 3.37. The quantitative estimate of drug-likeness (QED) is 0.726. The Labute approximate surface area is 86.3 Å². The van der Waals surface area contributed by atoms with E-state index in [0.717, 1.165) is 19.6 Å². The molecule has 0 heterocycles. The van der Waals surface area contributed by atoms with Gasteiger partial charge < -0.3 is 10.1 Å². The maximum absolute atomic E-state index is 4.98. The number of hydrogen-bond acceptors (Lipinski definition) is 2. The van der Waals surface area contributed by atoms with E-state index in [9.17, 15) is 0 Å². The molecule has 1 aromatic carbocycles. The molecule has 0 saturated heterocycles. The molecule has 0 aromatic heterocycles. The first-order chi connectivity index (χ1) is 6.74. The van der Waals surface area contributed by atoms with Crippen LogP contribution in [0.25, 0.3) is 0 Å². The van der Waals surface area contributed by atoms with E-state index in [0.29, 0.717) is 0 Å². The second-order valence-corrected chi connectivity index (χ2v) is 3.57. The number of rotatable bonds is 5. The highest BCUT2D eigenvalue weighted by Gasteiger charge is 1.94. The molecule has 0 atom stereocenters. The smallest absolute Gasteiger partial charge is 0.0479 e. The van der Waals surface area contributed by atoms with Crippen molar-refractivity contribution < 1.29 is 4.74 Å². The number of ether oxygens (including phenoxy) is 1. The molecule has 0 fully saturated rings. The van der Waals surface area contributed by atoms with Crippen molar-refractivity contribution in [1.82, 2.24) is 0 Å². The third-order valence-corrected chi connectivity index (χ3v) is 2.36. The Balaban J connectivity index is 2.39. The van der Waals surface area contributed by atoms with Gasteiger partial charge in [-0.05, 0) is 43.5 Å². The first-order valence-electron chi connectivity index (χ1n) is 5.04. The largest absolute Gasteiger partial charge is 0.385 e. The fraction of sp³-hybridized carbons (Fsp3) is 0.500. The molecule has 0 bridgehead atoms. The molecule has 1 aromatic rings. The van der Waals surface area contributed by atoms with Crippen molar-refractivity contribution in [3.05, 3.63) is 29.3 Å². The van der Waals surface area contributed by atoms with Crippen molar-refractivity contribution in [2.45, 2.75) is 20.3 Å². The minimum atomic E-state index is 0.817. The van der Waals surface area contributed by atoms with Gasteiger partial charge in [0.25, 0.3) is 0 Å². The monoisotopic (exact) mass is 193 g/mol. The first kappa shape index (κ1) is 11.1. The Bertz CT molecular complexity index is 284. The van der Waals surface area contributed by atoms with E-state index in [-0.39, 0.29) is 0 Å². The van der Waals surface area contributed by atoms with Gasteiger partial charge in [-0.2, -0.15) is 0 Å². The standard InChI is InChI=1S/C12H19NO/c1-10-5-6-12(9-11(10)2)13-7-4-8-14-3/h5-6,9,13H,4,7-8H2,1-3H3. The van der Waals surface area contributed by atoms with E-state index < -0.39 is 0 Å². The fourth-order valence-electron chi connectivity index (χ4n) is 1.30. The van der Waals surface area contributed by atoms with Crippen LogP contribution in [0.2, 0.25) is 0 Å². The van der Waals surface area contributed by atoms with Gasteiger partial charge in [0.2, 0.25) is 0 Å². The maximum atomic E-state index is 4.98. The molecule has 0 unspecified atom stereocenters. The van der Waals surface area contributed by atoms with Crippen LogP contribution in [0, 0.1) is 13.8 Å². The fourth-order valence-corrected chi connectivity index (χ4v) is 1.30. The second kappa shape index (κ2) is 5.66. The SMILES string of the molecule is COCCCNc1ccc(C)c(C)c1. The molecule has 78 valence electrons. The van der Waals surface area contributed by atoms with Crippen LogP contribution < -0.4 is 5.32 Å². The summed E-state index contributed by atoms with van der Waals surface area (Å²) < 4.78 is 4.98. The number of hydrogen-bond donors (Lipinski definition) is 1. The lowest BCUT2D eigenvalue weighted by Crippen LogP contribution is -2.04. The normalized spacial score (nSPS) is 10.2. The molecule has 0 aliphatic heterocycles. The molecular formula is C12H19NO. The van der Waals surface area contributed by atoms with Gasteiger partial charge in [-0.25, -0.2) is 0 Å². The van der Waals surface area contributed by atoms with Gasteiger partial charge in [0.1, 0.15) is 0 Å². The van der Waals surface area contributed by atoms with Gasteiger partial charge >= 0.3 is 0 Å². The van der Waals surface area contributed by atoms with E-state index in [4.69, 9.17) is 4.74 Å². The van der Waals surface area contributed by atoms with Gasteiger partial charge in [-0.15, -0.1) is 0 Å². The Hall–Kier alpha value is -1.02. The Morgan fingerprint density at radius 1 is 1.21 bits per heavy atom. The van der Waals surface area contributed by atoms with Crippen LogP contribution in [-0.2, 0) is 4.74 Å². The van der Waals surface area contributed by atoms with Crippen molar-refractivity contribution in [2.75, 3.05) is 25.6 Å². The molecule has 0 spiro atoms. The van der Waals surface area contributed by atoms with Gasteiger partial charge in [-0.1, -0.05) is 6.07 Å².